The second-order valence-electron chi connectivity index (χ2n) is 6.74. The van der Waals surface area contributed by atoms with Crippen LogP contribution in [0.2, 0.25) is 0 Å². The van der Waals surface area contributed by atoms with Crippen LogP contribution in [0.5, 0.6) is 0 Å². The van der Waals surface area contributed by atoms with Crippen LogP contribution in [0.1, 0.15) is 11.3 Å². The number of benzene rings is 2. The van der Waals surface area contributed by atoms with Crippen molar-refractivity contribution in [1.29, 1.82) is 0 Å². The molecule has 0 fully saturated rings. The molecule has 0 unspecified atom stereocenters. The summed E-state index contributed by atoms with van der Waals surface area (Å²) in [7, 11) is -3.31. The number of fused-ring (bicyclic) bond motifs is 1. The quantitative estimate of drug-likeness (QED) is 0.445. The van der Waals surface area contributed by atoms with Crippen LogP contribution in [0, 0.1) is 5.82 Å². The monoisotopic (exact) mass is 444 g/mol. The number of furan rings is 1. The fourth-order valence-corrected chi connectivity index (χ4v) is 4.59. The van der Waals surface area contributed by atoms with Crippen LogP contribution in [0.15, 0.2) is 70.2 Å². The first-order valence-corrected chi connectivity index (χ1v) is 11.7. The maximum absolute atomic E-state index is 14.1. The van der Waals surface area contributed by atoms with Crippen molar-refractivity contribution in [2.75, 3.05) is 11.2 Å². The lowest BCUT2D eigenvalue weighted by Gasteiger charge is -2.19. The van der Waals surface area contributed by atoms with Crippen molar-refractivity contribution in [3.05, 3.63) is 78.0 Å². The van der Waals surface area contributed by atoms with Crippen LogP contribution in [-0.2, 0) is 27.6 Å². The van der Waals surface area contributed by atoms with Crippen molar-refractivity contribution in [2.24, 2.45) is 0 Å². The Bertz CT molecular complexity index is 1300. The zero-order chi connectivity index (χ0) is 21.3. The zero-order valence-corrected chi connectivity index (χ0v) is 17.5. The number of amides is 1. The van der Waals surface area contributed by atoms with E-state index in [1.54, 1.807) is 36.4 Å². The van der Waals surface area contributed by atoms with Gasteiger partial charge in [-0.3, -0.25) is 9.69 Å². The minimum atomic E-state index is -3.31. The molecular formula is C21H17FN2O4S2. The maximum atomic E-state index is 14.1. The topological polar surface area (TPSA) is 80.5 Å². The molecule has 0 bridgehead atoms. The SMILES string of the molecule is CS(=O)(=O)c1ccc(CC(=O)N(Cc2ccco2)c2nc3c(F)cccc3s2)cc1. The van der Waals surface area contributed by atoms with Gasteiger partial charge in [0.05, 0.1) is 28.8 Å². The highest BCUT2D eigenvalue weighted by molar-refractivity contribution is 7.90. The first-order valence-electron chi connectivity index (χ1n) is 8.98. The van der Waals surface area contributed by atoms with E-state index < -0.39 is 15.7 Å². The number of carbonyl (C=O) groups is 1. The standard InChI is InChI=1S/C21H17FN2O4S2/c1-30(26,27)16-9-7-14(8-10-16)12-19(25)24(13-15-4-3-11-28-15)21-23-20-17(22)5-2-6-18(20)29-21/h2-11H,12-13H2,1H3. The summed E-state index contributed by atoms with van der Waals surface area (Å²) >= 11 is 1.22. The highest BCUT2D eigenvalue weighted by Crippen LogP contribution is 2.31. The average molecular weight is 445 g/mol. The number of hydrogen-bond acceptors (Lipinski definition) is 6. The van der Waals surface area contributed by atoms with E-state index in [2.05, 4.69) is 4.98 Å². The van der Waals surface area contributed by atoms with Crippen molar-refractivity contribution in [2.45, 2.75) is 17.9 Å². The van der Waals surface area contributed by atoms with Crippen LogP contribution in [0.3, 0.4) is 0 Å². The Morgan fingerprint density at radius 1 is 1.13 bits per heavy atom. The van der Waals surface area contributed by atoms with Gasteiger partial charge in [-0.15, -0.1) is 0 Å². The highest BCUT2D eigenvalue weighted by atomic mass is 32.2. The van der Waals surface area contributed by atoms with E-state index in [0.29, 0.717) is 21.2 Å². The Morgan fingerprint density at radius 2 is 1.90 bits per heavy atom. The summed E-state index contributed by atoms with van der Waals surface area (Å²) in [5.74, 6) is -0.148. The third-order valence-electron chi connectivity index (χ3n) is 4.49. The first kappa shape index (κ1) is 20.2. The summed E-state index contributed by atoms with van der Waals surface area (Å²) in [5, 5.41) is 0.365. The summed E-state index contributed by atoms with van der Waals surface area (Å²) in [6.45, 7) is 0.148. The number of rotatable bonds is 6. The molecule has 1 amide bonds. The van der Waals surface area contributed by atoms with Gasteiger partial charge in [0.2, 0.25) is 5.91 Å². The van der Waals surface area contributed by atoms with Crippen molar-refractivity contribution >= 4 is 42.4 Å². The fraction of sp³-hybridized carbons (Fsp3) is 0.143. The largest absolute Gasteiger partial charge is 0.467 e. The van der Waals surface area contributed by atoms with Gasteiger partial charge in [-0.25, -0.2) is 17.8 Å². The number of anilines is 1. The molecule has 0 saturated carbocycles. The second-order valence-corrected chi connectivity index (χ2v) is 9.76. The molecule has 30 heavy (non-hydrogen) atoms. The van der Waals surface area contributed by atoms with Crippen LogP contribution in [-0.4, -0.2) is 25.6 Å². The van der Waals surface area contributed by atoms with Gasteiger partial charge in [0.15, 0.2) is 15.0 Å². The van der Waals surface area contributed by atoms with E-state index in [1.807, 2.05) is 0 Å². The lowest BCUT2D eigenvalue weighted by Crippen LogP contribution is -2.31. The third-order valence-corrected chi connectivity index (χ3v) is 6.66. The molecular weight excluding hydrogens is 427 g/mol. The predicted molar refractivity (Wildman–Crippen MR) is 113 cm³/mol. The number of para-hydroxylation sites is 1. The van der Waals surface area contributed by atoms with Crippen molar-refractivity contribution in [3.63, 3.8) is 0 Å². The van der Waals surface area contributed by atoms with Gasteiger partial charge in [0.1, 0.15) is 17.1 Å². The molecule has 2 aromatic carbocycles. The number of thiazole rings is 1. The molecule has 0 spiro atoms. The minimum Gasteiger partial charge on any atom is -0.467 e. The van der Waals surface area contributed by atoms with Gasteiger partial charge >= 0.3 is 0 Å². The predicted octanol–water partition coefficient (Wildman–Crippen LogP) is 4.21. The molecule has 0 radical (unpaired) electrons. The third kappa shape index (κ3) is 4.27. The molecule has 6 nitrogen and oxygen atoms in total. The summed E-state index contributed by atoms with van der Waals surface area (Å²) in [4.78, 5) is 19.1. The molecule has 4 aromatic rings. The Morgan fingerprint density at radius 3 is 2.53 bits per heavy atom. The van der Waals surface area contributed by atoms with Crippen molar-refractivity contribution in [1.82, 2.24) is 4.98 Å². The highest BCUT2D eigenvalue weighted by Gasteiger charge is 2.22. The van der Waals surface area contributed by atoms with Gasteiger partial charge in [-0.2, -0.15) is 0 Å². The zero-order valence-electron chi connectivity index (χ0n) is 15.9. The van der Waals surface area contributed by atoms with Crippen LogP contribution in [0.4, 0.5) is 9.52 Å². The number of halogens is 1. The molecule has 0 aliphatic rings. The van der Waals surface area contributed by atoms with Gasteiger partial charge in [-0.05, 0) is 42.0 Å². The van der Waals surface area contributed by atoms with Gasteiger partial charge in [-0.1, -0.05) is 29.5 Å². The van der Waals surface area contributed by atoms with Crippen LogP contribution >= 0.6 is 11.3 Å². The van der Waals surface area contributed by atoms with E-state index in [9.17, 15) is 17.6 Å². The van der Waals surface area contributed by atoms with Crippen molar-refractivity contribution in [3.8, 4) is 0 Å². The lowest BCUT2D eigenvalue weighted by atomic mass is 10.1. The van der Waals surface area contributed by atoms with E-state index in [-0.39, 0.29) is 29.3 Å². The van der Waals surface area contributed by atoms with E-state index in [4.69, 9.17) is 4.42 Å². The van der Waals surface area contributed by atoms with Crippen LogP contribution < -0.4 is 4.90 Å². The molecule has 2 heterocycles. The summed E-state index contributed by atoms with van der Waals surface area (Å²) < 4.78 is 43.4. The Kier molecular flexibility index (Phi) is 5.40. The summed E-state index contributed by atoms with van der Waals surface area (Å²) in [6.07, 6.45) is 2.67. The first-order chi connectivity index (χ1) is 14.3. The molecule has 2 aromatic heterocycles. The molecule has 0 aliphatic carbocycles. The van der Waals surface area contributed by atoms with Crippen molar-refractivity contribution < 1.29 is 22.0 Å². The molecule has 154 valence electrons. The number of sulfone groups is 1. The second kappa shape index (κ2) is 8.00. The van der Waals surface area contributed by atoms with Gasteiger partial charge in [0.25, 0.3) is 0 Å². The van der Waals surface area contributed by atoms with E-state index >= 15 is 0 Å². The average Bonchev–Trinajstić information content (AvgIpc) is 3.36. The normalized spacial score (nSPS) is 11.7. The molecule has 0 aliphatic heterocycles. The smallest absolute Gasteiger partial charge is 0.233 e. The minimum absolute atomic E-state index is 0.0309. The molecule has 0 atom stereocenters. The van der Waals surface area contributed by atoms with Crippen LogP contribution in [0.25, 0.3) is 10.2 Å². The van der Waals surface area contributed by atoms with E-state index in [0.717, 1.165) is 6.26 Å². The van der Waals surface area contributed by atoms with Gasteiger partial charge < -0.3 is 4.42 Å². The maximum Gasteiger partial charge on any atom is 0.233 e. The van der Waals surface area contributed by atoms with E-state index in [1.165, 1.54) is 40.7 Å². The fourth-order valence-electron chi connectivity index (χ4n) is 2.96. The lowest BCUT2D eigenvalue weighted by molar-refractivity contribution is -0.118. The molecule has 0 saturated heterocycles. The Balaban J connectivity index is 1.65. The molecule has 0 N–H and O–H groups in total. The number of aromatic nitrogens is 1. The Hall–Kier alpha value is -3.04. The number of hydrogen-bond donors (Lipinski definition) is 0. The number of carbonyl (C=O) groups excluding carboxylic acids is 1. The number of nitrogens with zero attached hydrogens (tertiary/aromatic N) is 2. The molecule has 9 heteroatoms. The Labute approximate surface area is 176 Å². The summed E-state index contributed by atoms with van der Waals surface area (Å²) in [5.41, 5.74) is 0.872. The molecule has 4 rings (SSSR count). The summed E-state index contributed by atoms with van der Waals surface area (Å²) in [6, 6.07) is 14.3. The van der Waals surface area contributed by atoms with Gasteiger partial charge in [0, 0.05) is 6.26 Å².